The number of nitrogens with zero attached hydrogens (tertiary/aromatic N) is 3. The predicted molar refractivity (Wildman–Crippen MR) is 96.7 cm³/mol. The van der Waals surface area contributed by atoms with Gasteiger partial charge in [0.1, 0.15) is 0 Å². The van der Waals surface area contributed by atoms with Crippen LogP contribution in [0.5, 0.6) is 11.5 Å². The number of halogens is 1. The van der Waals surface area contributed by atoms with Crippen molar-refractivity contribution in [3.63, 3.8) is 0 Å². The third-order valence-corrected chi connectivity index (χ3v) is 5.13. The number of methoxy groups -OCH3 is 1. The molecule has 1 amide bonds. The smallest absolute Gasteiger partial charge is 0.292 e. The summed E-state index contributed by atoms with van der Waals surface area (Å²) in [6.45, 7) is 2.49. The van der Waals surface area contributed by atoms with Gasteiger partial charge < -0.3 is 19.7 Å². The van der Waals surface area contributed by atoms with Crippen LogP contribution in [0.1, 0.15) is 34.8 Å². The van der Waals surface area contributed by atoms with Gasteiger partial charge in [0.25, 0.3) is 5.91 Å². The molecule has 0 saturated carbocycles. The number of fused-ring (bicyclic) bond motifs is 3. The molecular weight excluding hydrogens is 356 g/mol. The first kappa shape index (κ1) is 16.7. The molecule has 0 spiro atoms. The van der Waals surface area contributed by atoms with E-state index >= 15 is 0 Å². The molecule has 7 nitrogen and oxygen atoms in total. The number of aromatic hydroxyl groups is 1. The molecule has 1 atom stereocenters. The van der Waals surface area contributed by atoms with Crippen LogP contribution < -0.4 is 4.74 Å². The number of nitrogens with one attached hydrogen (secondary N) is 1. The van der Waals surface area contributed by atoms with Gasteiger partial charge in [0.2, 0.25) is 5.82 Å². The van der Waals surface area contributed by atoms with E-state index in [1.54, 1.807) is 11.0 Å². The molecule has 4 rings (SSSR count). The molecule has 2 aromatic heterocycles. The number of H-pyrrole nitrogens is 1. The van der Waals surface area contributed by atoms with Gasteiger partial charge in [0, 0.05) is 29.6 Å². The maximum atomic E-state index is 12.9. The molecule has 1 aromatic carbocycles. The van der Waals surface area contributed by atoms with Gasteiger partial charge in [-0.25, -0.2) is 9.97 Å². The maximum Gasteiger partial charge on any atom is 0.292 e. The van der Waals surface area contributed by atoms with E-state index in [4.69, 9.17) is 16.3 Å². The summed E-state index contributed by atoms with van der Waals surface area (Å²) in [7, 11) is 1.52. The molecule has 0 fully saturated rings. The molecule has 3 aromatic rings. The van der Waals surface area contributed by atoms with Crippen molar-refractivity contribution in [2.24, 2.45) is 0 Å². The fourth-order valence-electron chi connectivity index (χ4n) is 3.49. The average Bonchev–Trinajstić information content (AvgIpc) is 3.05. The van der Waals surface area contributed by atoms with Crippen LogP contribution in [0.2, 0.25) is 5.02 Å². The molecule has 0 radical (unpaired) electrons. The second kappa shape index (κ2) is 6.17. The first-order chi connectivity index (χ1) is 12.5. The summed E-state index contributed by atoms with van der Waals surface area (Å²) in [6, 6.07) is 3.33. The van der Waals surface area contributed by atoms with E-state index in [0.29, 0.717) is 29.3 Å². The molecule has 3 heterocycles. The summed E-state index contributed by atoms with van der Waals surface area (Å²) in [6.07, 6.45) is 3.60. The normalized spacial score (nSPS) is 16.6. The Hall–Kier alpha value is -2.80. The van der Waals surface area contributed by atoms with Gasteiger partial charge in [-0.15, -0.1) is 0 Å². The summed E-state index contributed by atoms with van der Waals surface area (Å²) in [5.41, 5.74) is 2.59. The Bertz CT molecular complexity index is 1000. The van der Waals surface area contributed by atoms with E-state index < -0.39 is 0 Å². The Morgan fingerprint density at radius 3 is 2.81 bits per heavy atom. The van der Waals surface area contributed by atoms with Gasteiger partial charge in [0.15, 0.2) is 11.5 Å². The first-order valence-corrected chi connectivity index (χ1v) is 8.58. The number of rotatable bonds is 2. The van der Waals surface area contributed by atoms with Crippen LogP contribution in [0.3, 0.4) is 0 Å². The summed E-state index contributed by atoms with van der Waals surface area (Å²) < 4.78 is 5.03. The van der Waals surface area contributed by atoms with E-state index in [9.17, 15) is 9.90 Å². The number of phenols is 1. The van der Waals surface area contributed by atoms with Crippen molar-refractivity contribution in [3.8, 4) is 11.5 Å². The Labute approximate surface area is 154 Å². The minimum atomic E-state index is -0.238. The molecule has 2 N–H and O–H groups in total. The third kappa shape index (κ3) is 2.47. The number of phenolic OH excluding ortho intramolecular Hbond substituents is 1. The Kier molecular flexibility index (Phi) is 3.96. The quantitative estimate of drug-likeness (QED) is 0.721. The van der Waals surface area contributed by atoms with Gasteiger partial charge in [-0.2, -0.15) is 0 Å². The van der Waals surface area contributed by atoms with Crippen LogP contribution in [-0.4, -0.2) is 44.5 Å². The van der Waals surface area contributed by atoms with Crippen molar-refractivity contribution in [2.75, 3.05) is 13.7 Å². The largest absolute Gasteiger partial charge is 0.504 e. The standard InChI is InChI=1S/C18H17ClN4O3/c1-9-14-11-3-4-12(19)16(24)15(11)22-13(14)5-6-23(9)18(25)17-20-7-10(26-2)8-21-17/h3-4,7-9,22,24H,5-6H2,1-2H3/t9-/m1/s1. The molecule has 0 aliphatic carbocycles. The lowest BCUT2D eigenvalue weighted by atomic mass is 9.96. The lowest BCUT2D eigenvalue weighted by molar-refractivity contribution is 0.0665. The van der Waals surface area contributed by atoms with E-state index in [1.165, 1.54) is 19.5 Å². The zero-order valence-corrected chi connectivity index (χ0v) is 15.0. The molecule has 0 unspecified atom stereocenters. The SMILES string of the molecule is COc1cnc(C(=O)N2CCc3[nH]c4c(O)c(Cl)ccc4c3[C@H]2C)nc1. The zero-order valence-electron chi connectivity index (χ0n) is 14.3. The second-order valence-corrected chi connectivity index (χ2v) is 6.61. The summed E-state index contributed by atoms with van der Waals surface area (Å²) in [4.78, 5) is 26.1. The van der Waals surface area contributed by atoms with Crippen molar-refractivity contribution < 1.29 is 14.6 Å². The predicted octanol–water partition coefficient (Wildman–Crippen LogP) is 3.09. The monoisotopic (exact) mass is 372 g/mol. The van der Waals surface area contributed by atoms with Gasteiger partial charge in [0.05, 0.1) is 36.1 Å². The molecule has 0 saturated heterocycles. The molecular formula is C18H17ClN4O3. The number of benzene rings is 1. The fraction of sp³-hybridized carbons (Fsp3) is 0.278. The molecule has 26 heavy (non-hydrogen) atoms. The molecule has 0 bridgehead atoms. The van der Waals surface area contributed by atoms with Crippen molar-refractivity contribution in [1.29, 1.82) is 0 Å². The Morgan fingerprint density at radius 1 is 1.38 bits per heavy atom. The van der Waals surface area contributed by atoms with Crippen LogP contribution in [0.25, 0.3) is 10.9 Å². The number of hydrogen-bond acceptors (Lipinski definition) is 5. The van der Waals surface area contributed by atoms with Crippen LogP contribution in [0.4, 0.5) is 0 Å². The lowest BCUT2D eigenvalue weighted by Crippen LogP contribution is -2.39. The lowest BCUT2D eigenvalue weighted by Gasteiger charge is -2.33. The maximum absolute atomic E-state index is 12.9. The Morgan fingerprint density at radius 2 is 2.12 bits per heavy atom. The summed E-state index contributed by atoms with van der Waals surface area (Å²) in [5, 5.41) is 11.4. The van der Waals surface area contributed by atoms with Crippen molar-refractivity contribution in [1.82, 2.24) is 19.9 Å². The highest BCUT2D eigenvalue weighted by Gasteiger charge is 2.32. The number of aromatic nitrogens is 3. The van der Waals surface area contributed by atoms with Crippen LogP contribution in [0.15, 0.2) is 24.5 Å². The van der Waals surface area contributed by atoms with Crippen molar-refractivity contribution in [3.05, 3.63) is 46.6 Å². The summed E-state index contributed by atoms with van der Waals surface area (Å²) in [5.74, 6) is 0.423. The van der Waals surface area contributed by atoms with E-state index in [2.05, 4.69) is 15.0 Å². The molecule has 1 aliphatic heterocycles. The number of aromatic amines is 1. The van der Waals surface area contributed by atoms with Crippen molar-refractivity contribution >= 4 is 28.4 Å². The average molecular weight is 373 g/mol. The highest BCUT2D eigenvalue weighted by molar-refractivity contribution is 6.33. The molecule has 8 heteroatoms. The second-order valence-electron chi connectivity index (χ2n) is 6.21. The van der Waals surface area contributed by atoms with Crippen LogP contribution in [-0.2, 0) is 6.42 Å². The first-order valence-electron chi connectivity index (χ1n) is 8.20. The number of hydrogen-bond donors (Lipinski definition) is 2. The number of amides is 1. The van der Waals surface area contributed by atoms with Crippen LogP contribution in [0, 0.1) is 0 Å². The number of carbonyl (C=O) groups excluding carboxylic acids is 1. The van der Waals surface area contributed by atoms with Gasteiger partial charge >= 0.3 is 0 Å². The highest BCUT2D eigenvalue weighted by atomic mass is 35.5. The third-order valence-electron chi connectivity index (χ3n) is 4.82. The fourth-order valence-corrected chi connectivity index (χ4v) is 3.65. The zero-order chi connectivity index (χ0) is 18.4. The topological polar surface area (TPSA) is 91.3 Å². The number of ether oxygens (including phenoxy) is 1. The minimum Gasteiger partial charge on any atom is -0.504 e. The molecule has 134 valence electrons. The van der Waals surface area contributed by atoms with Gasteiger partial charge in [-0.05, 0) is 13.0 Å². The van der Waals surface area contributed by atoms with Crippen molar-refractivity contribution in [2.45, 2.75) is 19.4 Å². The van der Waals surface area contributed by atoms with E-state index in [-0.39, 0.29) is 23.5 Å². The number of carbonyl (C=O) groups is 1. The van der Waals surface area contributed by atoms with Crippen LogP contribution >= 0.6 is 11.6 Å². The van der Waals surface area contributed by atoms with E-state index in [1.807, 2.05) is 13.0 Å². The van der Waals surface area contributed by atoms with Gasteiger partial charge in [-0.3, -0.25) is 4.79 Å². The minimum absolute atomic E-state index is 0.0298. The van der Waals surface area contributed by atoms with Gasteiger partial charge in [-0.1, -0.05) is 17.7 Å². The summed E-state index contributed by atoms with van der Waals surface area (Å²) >= 11 is 6.01. The Balaban J connectivity index is 1.72. The molecule has 1 aliphatic rings. The van der Waals surface area contributed by atoms with E-state index in [0.717, 1.165) is 16.6 Å². The highest BCUT2D eigenvalue weighted by Crippen LogP contribution is 2.40.